The Morgan fingerprint density at radius 1 is 1.27 bits per heavy atom. The van der Waals surface area contributed by atoms with Crippen molar-refractivity contribution < 1.29 is 33.8 Å². The van der Waals surface area contributed by atoms with Gasteiger partial charge >= 0.3 is 5.97 Å². The molecule has 0 bridgehead atoms. The van der Waals surface area contributed by atoms with Gasteiger partial charge in [-0.3, -0.25) is 4.90 Å². The zero-order valence-corrected chi connectivity index (χ0v) is 14.2. The highest BCUT2D eigenvalue weighted by atomic mass is 16.5. The van der Waals surface area contributed by atoms with Crippen molar-refractivity contribution in [2.24, 2.45) is 5.92 Å². The molecule has 0 aromatic heterocycles. The summed E-state index contributed by atoms with van der Waals surface area (Å²) in [5, 5.41) is 11.6. The van der Waals surface area contributed by atoms with E-state index < -0.39 is 62.1 Å². The van der Waals surface area contributed by atoms with Crippen molar-refractivity contribution in [3.05, 3.63) is 35.9 Å². The molecule has 1 atom stereocenters. The first-order valence-corrected chi connectivity index (χ1v) is 8.27. The number of hydrogen-bond acceptors (Lipinski definition) is 4. The summed E-state index contributed by atoms with van der Waals surface area (Å²) in [6, 6.07) is 7.69. The standard InChI is InChI=1S/C22H31NO3/c1-3-23(4-2)17-11-12-18-26-21(24)22(25,19-13-7-5-8-14-19)20-15-9-6-10-16-20/h5,7-8,13-14,20,25H,3-4,6,9-10,15-18H2,1-2H3/t22-/m0/s1/i1D3,2D3,3D2,4D2,17D2,18D2. The molecule has 0 radical (unpaired) electrons. The number of benzene rings is 1. The number of hydrogen-bond donors (Lipinski definition) is 1. The van der Waals surface area contributed by atoms with Crippen molar-refractivity contribution in [2.75, 3.05) is 26.0 Å². The monoisotopic (exact) mass is 371 g/mol. The van der Waals surface area contributed by atoms with Crippen molar-refractivity contribution in [3.8, 4) is 11.8 Å². The lowest BCUT2D eigenvalue weighted by Crippen LogP contribution is -2.45. The van der Waals surface area contributed by atoms with Gasteiger partial charge in [0.05, 0.1) is 12.0 Å². The van der Waals surface area contributed by atoms with Crippen molar-refractivity contribution in [1.29, 1.82) is 0 Å². The van der Waals surface area contributed by atoms with Gasteiger partial charge in [-0.2, -0.15) is 0 Å². The average Bonchev–Trinajstić information content (AvgIpc) is 2.81. The highest BCUT2D eigenvalue weighted by Gasteiger charge is 2.46. The highest BCUT2D eigenvalue weighted by molar-refractivity contribution is 5.81. The number of carbonyl (C=O) groups is 1. The van der Waals surface area contributed by atoms with Crippen LogP contribution in [0.4, 0.5) is 0 Å². The molecule has 1 N–H and O–H groups in total. The molecular weight excluding hydrogens is 326 g/mol. The van der Waals surface area contributed by atoms with Gasteiger partial charge < -0.3 is 9.84 Å². The van der Waals surface area contributed by atoms with E-state index in [2.05, 4.69) is 0 Å². The van der Waals surface area contributed by atoms with Crippen LogP contribution in [0.25, 0.3) is 0 Å². The van der Waals surface area contributed by atoms with E-state index in [1.54, 1.807) is 24.1 Å². The first-order chi connectivity index (χ1) is 17.9. The minimum Gasteiger partial charge on any atom is -0.450 e. The Balaban J connectivity index is 2.52. The number of nitrogens with zero attached hydrogens (tertiary/aromatic N) is 1. The van der Waals surface area contributed by atoms with E-state index in [-0.39, 0.29) is 5.56 Å². The minimum atomic E-state index is -3.94. The maximum absolute atomic E-state index is 13.3. The second-order valence-electron chi connectivity index (χ2n) is 5.88. The summed E-state index contributed by atoms with van der Waals surface area (Å²) in [5.41, 5.74) is -2.16. The van der Waals surface area contributed by atoms with Gasteiger partial charge in [0.2, 0.25) is 0 Å². The van der Waals surface area contributed by atoms with Gasteiger partial charge in [0.15, 0.2) is 12.2 Å². The zero-order valence-electron chi connectivity index (χ0n) is 28.2. The molecule has 0 saturated heterocycles. The first-order valence-electron chi connectivity index (χ1n) is 15.3. The van der Waals surface area contributed by atoms with Crippen LogP contribution in [-0.4, -0.2) is 42.0 Å². The number of carbonyl (C=O) groups excluding carboxylic acids is 1. The van der Waals surface area contributed by atoms with E-state index in [9.17, 15) is 9.90 Å². The van der Waals surface area contributed by atoms with Crippen LogP contribution in [0.5, 0.6) is 0 Å². The third-order valence-electron chi connectivity index (χ3n) is 4.37. The Kier molecular flexibility index (Phi) is 3.37. The van der Waals surface area contributed by atoms with Gasteiger partial charge in [-0.1, -0.05) is 75.1 Å². The molecule has 4 nitrogen and oxygen atoms in total. The van der Waals surface area contributed by atoms with Gasteiger partial charge in [0, 0.05) is 19.6 Å². The van der Waals surface area contributed by atoms with Crippen molar-refractivity contribution in [1.82, 2.24) is 4.90 Å². The van der Waals surface area contributed by atoms with Crippen LogP contribution >= 0.6 is 0 Å². The topological polar surface area (TPSA) is 49.8 Å². The predicted molar refractivity (Wildman–Crippen MR) is 103 cm³/mol. The van der Waals surface area contributed by atoms with Crippen molar-refractivity contribution in [2.45, 2.75) is 51.4 Å². The molecule has 1 aromatic carbocycles. The predicted octanol–water partition coefficient (Wildman–Crippen LogP) is 3.34. The third kappa shape index (κ3) is 5.09. The van der Waals surface area contributed by atoms with Crippen LogP contribution in [0.2, 0.25) is 0 Å². The molecule has 1 aliphatic rings. The van der Waals surface area contributed by atoms with E-state index >= 15 is 0 Å². The maximum atomic E-state index is 13.3. The minimum absolute atomic E-state index is 0.133. The molecular formula is C22H31NO3. The molecule has 4 heteroatoms. The molecule has 2 rings (SSSR count). The Morgan fingerprint density at radius 2 is 1.96 bits per heavy atom. The zero-order chi connectivity index (χ0) is 31.0. The summed E-state index contributed by atoms with van der Waals surface area (Å²) in [7, 11) is 0. The summed E-state index contributed by atoms with van der Waals surface area (Å²) < 4.78 is 113. The normalized spacial score (nSPS) is 28.4. The fourth-order valence-corrected chi connectivity index (χ4v) is 3.08. The number of rotatable bonds is 7. The third-order valence-corrected chi connectivity index (χ3v) is 4.37. The van der Waals surface area contributed by atoms with Crippen LogP contribution in [-0.2, 0) is 15.1 Å². The van der Waals surface area contributed by atoms with Gasteiger partial charge in [-0.25, -0.2) is 4.79 Å². The van der Waals surface area contributed by atoms with E-state index in [0.717, 1.165) is 6.42 Å². The lowest BCUT2D eigenvalue weighted by atomic mass is 9.73. The number of esters is 1. The van der Waals surface area contributed by atoms with Gasteiger partial charge in [-0.15, -0.1) is 0 Å². The number of ether oxygens (including phenoxy) is 1. The van der Waals surface area contributed by atoms with Gasteiger partial charge in [0.1, 0.15) is 0 Å². The molecule has 0 amide bonds. The molecule has 0 unspecified atom stereocenters. The summed E-state index contributed by atoms with van der Waals surface area (Å²) in [6.45, 7) is -22.5. The van der Waals surface area contributed by atoms with Gasteiger partial charge in [0.25, 0.3) is 0 Å². The first kappa shape index (κ1) is 8.46. The summed E-state index contributed by atoms with van der Waals surface area (Å²) >= 11 is 0. The Labute approximate surface area is 177 Å². The molecule has 0 aliphatic heterocycles. The molecule has 0 heterocycles. The SMILES string of the molecule is [2H]C([2H])(C#CC([2H])([2H])N(C([2H])([2H])C([2H])([2H])[2H])C([2H])([2H])C([2H])([2H])[2H])OC(=O)[C@](O)(c1ccccc1)C1CCCCC1. The van der Waals surface area contributed by atoms with E-state index in [0.29, 0.717) is 25.7 Å². The fourth-order valence-electron chi connectivity index (χ4n) is 3.08. The van der Waals surface area contributed by atoms with Crippen LogP contribution < -0.4 is 0 Å². The molecule has 0 spiro atoms. The van der Waals surface area contributed by atoms with Crippen molar-refractivity contribution >= 4 is 5.97 Å². The second kappa shape index (κ2) is 10.4. The van der Waals surface area contributed by atoms with Crippen LogP contribution in [0, 0.1) is 17.8 Å². The largest absolute Gasteiger partial charge is 0.450 e. The van der Waals surface area contributed by atoms with Crippen LogP contribution in [0.3, 0.4) is 0 Å². The van der Waals surface area contributed by atoms with E-state index in [1.165, 1.54) is 18.1 Å². The quantitative estimate of drug-likeness (QED) is 0.590. The van der Waals surface area contributed by atoms with Crippen LogP contribution in [0.15, 0.2) is 30.3 Å². The highest BCUT2D eigenvalue weighted by Crippen LogP contribution is 2.40. The Morgan fingerprint density at radius 3 is 2.62 bits per heavy atom. The molecule has 26 heavy (non-hydrogen) atoms. The molecule has 1 aromatic rings. The van der Waals surface area contributed by atoms with Gasteiger partial charge in [-0.05, 0) is 31.4 Å². The Bertz CT molecular complexity index is 1080. The maximum Gasteiger partial charge on any atom is 0.344 e. The van der Waals surface area contributed by atoms with E-state index in [4.69, 9.17) is 23.9 Å². The summed E-state index contributed by atoms with van der Waals surface area (Å²) in [6.07, 6.45) is 3.14. The molecule has 142 valence electrons. The molecule has 1 aliphatic carbocycles. The smallest absolute Gasteiger partial charge is 0.344 e. The fraction of sp³-hybridized carbons (Fsp3) is 0.591. The summed E-state index contributed by atoms with van der Waals surface area (Å²) in [4.78, 5) is 12.5. The lowest BCUT2D eigenvalue weighted by Gasteiger charge is -2.36. The number of aliphatic hydroxyl groups is 1. The van der Waals surface area contributed by atoms with Crippen LogP contribution in [0.1, 0.15) is 70.6 Å². The second-order valence-corrected chi connectivity index (χ2v) is 5.88. The van der Waals surface area contributed by atoms with Crippen molar-refractivity contribution in [3.63, 3.8) is 0 Å². The molecule has 1 saturated carbocycles. The average molecular weight is 372 g/mol. The van der Waals surface area contributed by atoms with E-state index in [1.807, 2.05) is 0 Å². The lowest BCUT2D eigenvalue weighted by molar-refractivity contribution is -0.174. The summed E-state index contributed by atoms with van der Waals surface area (Å²) in [5.74, 6) is 1.05. The Hall–Kier alpha value is -1.83. The molecule has 1 fully saturated rings.